The number of halogens is 1. The lowest BCUT2D eigenvalue weighted by atomic mass is 9.85. The summed E-state index contributed by atoms with van der Waals surface area (Å²) in [7, 11) is 0. The SMILES string of the molecule is CCCCCCC1CCCC(Cl)C1. The Morgan fingerprint density at radius 2 is 2.00 bits per heavy atom. The topological polar surface area (TPSA) is 0 Å². The van der Waals surface area contributed by atoms with Gasteiger partial charge in [0.2, 0.25) is 0 Å². The summed E-state index contributed by atoms with van der Waals surface area (Å²) in [4.78, 5) is 0. The minimum Gasteiger partial charge on any atom is -0.123 e. The average molecular weight is 203 g/mol. The van der Waals surface area contributed by atoms with Crippen LogP contribution >= 0.6 is 11.6 Å². The number of unbranched alkanes of at least 4 members (excludes halogenated alkanes) is 3. The van der Waals surface area contributed by atoms with Gasteiger partial charge in [-0.05, 0) is 18.8 Å². The standard InChI is InChI=1S/C12H23Cl/c1-2-3-4-5-7-11-8-6-9-12(13)10-11/h11-12H,2-10H2,1H3. The first-order valence-electron chi connectivity index (χ1n) is 5.97. The van der Waals surface area contributed by atoms with E-state index in [-0.39, 0.29) is 0 Å². The van der Waals surface area contributed by atoms with Crippen molar-refractivity contribution in [1.29, 1.82) is 0 Å². The van der Waals surface area contributed by atoms with Crippen molar-refractivity contribution in [2.75, 3.05) is 0 Å². The van der Waals surface area contributed by atoms with Gasteiger partial charge in [-0.3, -0.25) is 0 Å². The lowest BCUT2D eigenvalue weighted by Crippen LogP contribution is -2.15. The van der Waals surface area contributed by atoms with E-state index < -0.39 is 0 Å². The molecular weight excluding hydrogens is 180 g/mol. The van der Waals surface area contributed by atoms with Gasteiger partial charge < -0.3 is 0 Å². The van der Waals surface area contributed by atoms with Crippen LogP contribution in [0.2, 0.25) is 0 Å². The van der Waals surface area contributed by atoms with Gasteiger partial charge in [0.25, 0.3) is 0 Å². The second kappa shape index (κ2) is 6.70. The van der Waals surface area contributed by atoms with Gasteiger partial charge in [0, 0.05) is 5.38 Å². The van der Waals surface area contributed by atoms with Crippen molar-refractivity contribution in [3.8, 4) is 0 Å². The third-order valence-corrected chi connectivity index (χ3v) is 3.58. The fourth-order valence-corrected chi connectivity index (χ4v) is 2.75. The third kappa shape index (κ3) is 4.90. The molecule has 0 radical (unpaired) electrons. The summed E-state index contributed by atoms with van der Waals surface area (Å²) in [6.07, 6.45) is 12.4. The molecule has 0 bridgehead atoms. The van der Waals surface area contributed by atoms with Crippen LogP contribution < -0.4 is 0 Å². The van der Waals surface area contributed by atoms with Crippen molar-refractivity contribution in [3.63, 3.8) is 0 Å². The second-order valence-electron chi connectivity index (χ2n) is 4.48. The van der Waals surface area contributed by atoms with Crippen molar-refractivity contribution in [3.05, 3.63) is 0 Å². The van der Waals surface area contributed by atoms with Gasteiger partial charge in [-0.2, -0.15) is 0 Å². The van der Waals surface area contributed by atoms with E-state index in [1.807, 2.05) is 0 Å². The van der Waals surface area contributed by atoms with Crippen LogP contribution in [0.3, 0.4) is 0 Å². The molecule has 1 aliphatic rings. The van der Waals surface area contributed by atoms with Gasteiger partial charge in [-0.15, -0.1) is 11.6 Å². The zero-order valence-corrected chi connectivity index (χ0v) is 9.65. The van der Waals surface area contributed by atoms with E-state index in [1.54, 1.807) is 0 Å². The van der Waals surface area contributed by atoms with E-state index in [0.29, 0.717) is 5.38 Å². The molecule has 1 rings (SSSR count). The molecular formula is C12H23Cl. The Labute approximate surface area is 88.1 Å². The van der Waals surface area contributed by atoms with Gasteiger partial charge in [-0.1, -0.05) is 51.9 Å². The number of hydrogen-bond donors (Lipinski definition) is 0. The Kier molecular flexibility index (Phi) is 5.86. The molecule has 0 heterocycles. The van der Waals surface area contributed by atoms with Crippen molar-refractivity contribution >= 4 is 11.6 Å². The zero-order valence-electron chi connectivity index (χ0n) is 8.90. The Hall–Kier alpha value is 0.290. The molecule has 2 unspecified atom stereocenters. The molecule has 0 nitrogen and oxygen atoms in total. The van der Waals surface area contributed by atoms with Crippen molar-refractivity contribution < 1.29 is 0 Å². The van der Waals surface area contributed by atoms with Gasteiger partial charge in [0.05, 0.1) is 0 Å². The monoisotopic (exact) mass is 202 g/mol. The van der Waals surface area contributed by atoms with Gasteiger partial charge in [0.15, 0.2) is 0 Å². The third-order valence-electron chi connectivity index (χ3n) is 3.18. The Balaban J connectivity index is 2.00. The van der Waals surface area contributed by atoms with Gasteiger partial charge in [0.1, 0.15) is 0 Å². The fraction of sp³-hybridized carbons (Fsp3) is 1.00. The van der Waals surface area contributed by atoms with E-state index in [1.165, 1.54) is 57.8 Å². The quantitative estimate of drug-likeness (QED) is 0.446. The summed E-state index contributed by atoms with van der Waals surface area (Å²) in [6, 6.07) is 0. The summed E-state index contributed by atoms with van der Waals surface area (Å²) >= 11 is 6.15. The fourth-order valence-electron chi connectivity index (χ4n) is 2.35. The minimum atomic E-state index is 0.491. The Morgan fingerprint density at radius 3 is 2.69 bits per heavy atom. The average Bonchev–Trinajstić information content (AvgIpc) is 2.13. The highest BCUT2D eigenvalue weighted by Gasteiger charge is 2.19. The van der Waals surface area contributed by atoms with E-state index >= 15 is 0 Å². The molecule has 2 atom stereocenters. The van der Waals surface area contributed by atoms with Crippen LogP contribution in [0.15, 0.2) is 0 Å². The van der Waals surface area contributed by atoms with E-state index in [0.717, 1.165) is 5.92 Å². The maximum absolute atomic E-state index is 6.15. The lowest BCUT2D eigenvalue weighted by molar-refractivity contribution is 0.332. The molecule has 0 spiro atoms. The molecule has 1 aliphatic carbocycles. The molecule has 0 N–H and O–H groups in total. The molecule has 1 fully saturated rings. The molecule has 0 aromatic heterocycles. The maximum Gasteiger partial charge on any atom is 0.0338 e. The second-order valence-corrected chi connectivity index (χ2v) is 5.10. The summed E-state index contributed by atoms with van der Waals surface area (Å²) in [5.74, 6) is 0.952. The van der Waals surface area contributed by atoms with Gasteiger partial charge >= 0.3 is 0 Å². The smallest absolute Gasteiger partial charge is 0.0338 e. The van der Waals surface area contributed by atoms with Gasteiger partial charge in [-0.25, -0.2) is 0 Å². The van der Waals surface area contributed by atoms with Crippen LogP contribution in [0, 0.1) is 5.92 Å². The predicted octanol–water partition coefficient (Wildman–Crippen LogP) is 4.75. The van der Waals surface area contributed by atoms with E-state index in [9.17, 15) is 0 Å². The first-order chi connectivity index (χ1) is 6.33. The van der Waals surface area contributed by atoms with Crippen molar-refractivity contribution in [1.82, 2.24) is 0 Å². The van der Waals surface area contributed by atoms with Crippen LogP contribution in [0.1, 0.15) is 64.7 Å². The molecule has 13 heavy (non-hydrogen) atoms. The summed E-state index contributed by atoms with van der Waals surface area (Å²) in [6.45, 7) is 2.27. The maximum atomic E-state index is 6.15. The summed E-state index contributed by atoms with van der Waals surface area (Å²) in [5, 5.41) is 0.491. The largest absolute Gasteiger partial charge is 0.123 e. The Bertz CT molecular complexity index is 122. The summed E-state index contributed by atoms with van der Waals surface area (Å²) < 4.78 is 0. The van der Waals surface area contributed by atoms with Crippen LogP contribution in [0.4, 0.5) is 0 Å². The van der Waals surface area contributed by atoms with E-state index in [2.05, 4.69) is 6.92 Å². The molecule has 0 amide bonds. The van der Waals surface area contributed by atoms with E-state index in [4.69, 9.17) is 11.6 Å². The number of hydrogen-bond acceptors (Lipinski definition) is 0. The molecule has 1 heteroatoms. The number of alkyl halides is 1. The normalized spacial score (nSPS) is 29.1. The predicted molar refractivity (Wildman–Crippen MR) is 60.4 cm³/mol. The highest BCUT2D eigenvalue weighted by Crippen LogP contribution is 2.31. The molecule has 1 saturated carbocycles. The highest BCUT2D eigenvalue weighted by atomic mass is 35.5. The van der Waals surface area contributed by atoms with Crippen LogP contribution in [0.25, 0.3) is 0 Å². The molecule has 0 aliphatic heterocycles. The van der Waals surface area contributed by atoms with Crippen LogP contribution in [-0.2, 0) is 0 Å². The van der Waals surface area contributed by atoms with Crippen LogP contribution in [0.5, 0.6) is 0 Å². The summed E-state index contributed by atoms with van der Waals surface area (Å²) in [5.41, 5.74) is 0. The zero-order chi connectivity index (χ0) is 9.52. The molecule has 0 aromatic rings. The Morgan fingerprint density at radius 1 is 1.15 bits per heavy atom. The first-order valence-corrected chi connectivity index (χ1v) is 6.40. The minimum absolute atomic E-state index is 0.491. The molecule has 78 valence electrons. The molecule has 0 aromatic carbocycles. The van der Waals surface area contributed by atoms with Crippen molar-refractivity contribution in [2.45, 2.75) is 70.1 Å². The molecule has 0 saturated heterocycles. The lowest BCUT2D eigenvalue weighted by Gasteiger charge is -2.25. The van der Waals surface area contributed by atoms with Crippen molar-refractivity contribution in [2.24, 2.45) is 5.92 Å². The van der Waals surface area contributed by atoms with Crippen LogP contribution in [-0.4, -0.2) is 5.38 Å². The first kappa shape index (κ1) is 11.4. The highest BCUT2D eigenvalue weighted by molar-refractivity contribution is 6.20. The number of rotatable bonds is 5.